The summed E-state index contributed by atoms with van der Waals surface area (Å²) < 4.78 is 0. The van der Waals surface area contributed by atoms with Gasteiger partial charge >= 0.3 is 0 Å². The van der Waals surface area contributed by atoms with E-state index in [4.69, 9.17) is 0 Å². The van der Waals surface area contributed by atoms with Crippen LogP contribution >= 0.6 is 27.7 Å². The van der Waals surface area contributed by atoms with Crippen molar-refractivity contribution in [1.29, 1.82) is 0 Å². The second kappa shape index (κ2) is 13.2. The molecule has 0 heterocycles. The van der Waals surface area contributed by atoms with Crippen LogP contribution in [0.25, 0.3) is 0 Å². The normalized spacial score (nSPS) is 13.2. The van der Waals surface area contributed by atoms with Gasteiger partial charge in [-0.3, -0.25) is 0 Å². The molecular weight excluding hydrogens is 294 g/mol. The van der Waals surface area contributed by atoms with Crippen molar-refractivity contribution in [1.82, 2.24) is 4.90 Å². The second-order valence-corrected chi connectivity index (χ2v) is 6.65. The van der Waals surface area contributed by atoms with Crippen molar-refractivity contribution in [2.75, 3.05) is 30.9 Å². The molecule has 3 heteroatoms. The number of unbranched alkanes of at least 4 members (excludes halogenated alkanes) is 6. The predicted molar refractivity (Wildman–Crippen MR) is 86.6 cm³/mol. The quantitative estimate of drug-likeness (QED) is 0.375. The number of hydrogen-bond acceptors (Lipinski definition) is 2. The van der Waals surface area contributed by atoms with Gasteiger partial charge in [0.05, 0.1) is 0 Å². The summed E-state index contributed by atoms with van der Waals surface area (Å²) in [5.41, 5.74) is 0. The standard InChI is InChI=1S/C14H30BrNS/c1-14(13-17-3)16(2)12-10-8-6-4-5-7-9-11-15/h14H,4-13H2,1-3H3. The van der Waals surface area contributed by atoms with E-state index in [1.807, 2.05) is 11.8 Å². The number of thioether (sulfide) groups is 1. The van der Waals surface area contributed by atoms with Gasteiger partial charge in [0.15, 0.2) is 0 Å². The molecule has 0 spiro atoms. The Morgan fingerprint density at radius 1 is 1.00 bits per heavy atom. The molecule has 0 aromatic rings. The minimum absolute atomic E-state index is 0.726. The molecule has 0 fully saturated rings. The first-order valence-corrected chi connectivity index (χ1v) is 9.49. The highest BCUT2D eigenvalue weighted by Gasteiger charge is 2.06. The number of alkyl halides is 1. The van der Waals surface area contributed by atoms with E-state index in [9.17, 15) is 0 Å². The van der Waals surface area contributed by atoms with Crippen LogP contribution < -0.4 is 0 Å². The minimum atomic E-state index is 0.726. The van der Waals surface area contributed by atoms with E-state index < -0.39 is 0 Å². The van der Waals surface area contributed by atoms with E-state index in [2.05, 4.69) is 41.1 Å². The molecule has 0 aliphatic heterocycles. The topological polar surface area (TPSA) is 3.24 Å². The van der Waals surface area contributed by atoms with Gasteiger partial charge in [0.25, 0.3) is 0 Å². The van der Waals surface area contributed by atoms with Crippen molar-refractivity contribution < 1.29 is 0 Å². The van der Waals surface area contributed by atoms with E-state index in [-0.39, 0.29) is 0 Å². The third kappa shape index (κ3) is 11.6. The maximum absolute atomic E-state index is 3.48. The Kier molecular flexibility index (Phi) is 13.8. The Bertz CT molecular complexity index is 155. The summed E-state index contributed by atoms with van der Waals surface area (Å²) in [6, 6.07) is 0.726. The van der Waals surface area contributed by atoms with Crippen LogP contribution in [0.5, 0.6) is 0 Å². The van der Waals surface area contributed by atoms with Gasteiger partial charge in [0.2, 0.25) is 0 Å². The van der Waals surface area contributed by atoms with E-state index in [1.54, 1.807) is 0 Å². The molecule has 0 amide bonds. The van der Waals surface area contributed by atoms with Gasteiger partial charge in [-0.15, -0.1) is 0 Å². The van der Waals surface area contributed by atoms with Crippen molar-refractivity contribution in [2.24, 2.45) is 0 Å². The predicted octanol–water partition coefficient (Wildman–Crippen LogP) is 4.80. The minimum Gasteiger partial charge on any atom is -0.303 e. The fourth-order valence-electron chi connectivity index (χ4n) is 1.93. The molecule has 0 rings (SSSR count). The van der Waals surface area contributed by atoms with Crippen LogP contribution in [0, 0.1) is 0 Å². The van der Waals surface area contributed by atoms with Gasteiger partial charge in [0.1, 0.15) is 0 Å². The molecule has 1 atom stereocenters. The first kappa shape index (κ1) is 17.8. The third-order valence-electron chi connectivity index (χ3n) is 3.30. The fraction of sp³-hybridized carbons (Fsp3) is 1.00. The fourth-order valence-corrected chi connectivity index (χ4v) is 3.06. The number of rotatable bonds is 12. The van der Waals surface area contributed by atoms with Crippen molar-refractivity contribution in [2.45, 2.75) is 57.9 Å². The summed E-state index contributed by atoms with van der Waals surface area (Å²) in [6.45, 7) is 3.60. The lowest BCUT2D eigenvalue weighted by atomic mass is 10.1. The molecule has 0 aromatic carbocycles. The molecule has 0 saturated carbocycles. The summed E-state index contributed by atoms with van der Waals surface area (Å²) >= 11 is 5.43. The highest BCUT2D eigenvalue weighted by molar-refractivity contribution is 9.09. The lowest BCUT2D eigenvalue weighted by Gasteiger charge is -2.23. The summed E-state index contributed by atoms with van der Waals surface area (Å²) in [6.07, 6.45) is 12.0. The number of nitrogens with zero attached hydrogens (tertiary/aromatic N) is 1. The van der Waals surface area contributed by atoms with E-state index in [1.165, 1.54) is 62.6 Å². The summed E-state index contributed by atoms with van der Waals surface area (Å²) in [4.78, 5) is 2.50. The molecule has 1 unspecified atom stereocenters. The van der Waals surface area contributed by atoms with Crippen molar-refractivity contribution in [3.05, 3.63) is 0 Å². The Morgan fingerprint density at radius 3 is 2.06 bits per heavy atom. The summed E-state index contributed by atoms with van der Waals surface area (Å²) in [5.74, 6) is 1.25. The highest BCUT2D eigenvalue weighted by atomic mass is 79.9. The molecule has 0 aliphatic carbocycles. The molecule has 1 nitrogen and oxygen atoms in total. The van der Waals surface area contributed by atoms with Crippen LogP contribution in [0.15, 0.2) is 0 Å². The average Bonchev–Trinajstić information content (AvgIpc) is 2.32. The van der Waals surface area contributed by atoms with E-state index in [0.717, 1.165) is 6.04 Å². The molecule has 104 valence electrons. The molecule has 17 heavy (non-hydrogen) atoms. The number of hydrogen-bond donors (Lipinski definition) is 0. The zero-order valence-electron chi connectivity index (χ0n) is 11.9. The first-order chi connectivity index (χ1) is 8.22. The van der Waals surface area contributed by atoms with Gasteiger partial charge in [-0.2, -0.15) is 11.8 Å². The van der Waals surface area contributed by atoms with Gasteiger partial charge in [0, 0.05) is 17.1 Å². The number of halogens is 1. The van der Waals surface area contributed by atoms with Crippen LogP contribution in [-0.4, -0.2) is 41.9 Å². The Morgan fingerprint density at radius 2 is 1.53 bits per heavy atom. The molecule has 0 N–H and O–H groups in total. The lowest BCUT2D eigenvalue weighted by Crippen LogP contribution is -2.31. The first-order valence-electron chi connectivity index (χ1n) is 6.97. The summed E-state index contributed by atoms with van der Waals surface area (Å²) in [5, 5.41) is 1.17. The van der Waals surface area contributed by atoms with Crippen LogP contribution in [0.1, 0.15) is 51.9 Å². The molecule has 0 aliphatic rings. The van der Waals surface area contributed by atoms with Gasteiger partial charge in [-0.1, -0.05) is 48.0 Å². The van der Waals surface area contributed by atoms with Gasteiger partial charge in [-0.05, 0) is 39.6 Å². The van der Waals surface area contributed by atoms with E-state index in [0.29, 0.717) is 0 Å². The van der Waals surface area contributed by atoms with Crippen LogP contribution in [0.2, 0.25) is 0 Å². The smallest absolute Gasteiger partial charge is 0.0154 e. The van der Waals surface area contributed by atoms with Crippen LogP contribution in [-0.2, 0) is 0 Å². The Labute approximate surface area is 121 Å². The largest absolute Gasteiger partial charge is 0.303 e. The monoisotopic (exact) mass is 323 g/mol. The maximum atomic E-state index is 3.48. The summed E-state index contributed by atoms with van der Waals surface area (Å²) in [7, 11) is 2.26. The highest BCUT2D eigenvalue weighted by Crippen LogP contribution is 2.10. The molecular formula is C14H30BrNS. The maximum Gasteiger partial charge on any atom is 0.0154 e. The van der Waals surface area contributed by atoms with Gasteiger partial charge < -0.3 is 4.90 Å². The SMILES string of the molecule is CSCC(C)N(C)CCCCCCCCCBr. The zero-order valence-corrected chi connectivity index (χ0v) is 14.3. The molecule has 0 radical (unpaired) electrons. The van der Waals surface area contributed by atoms with E-state index >= 15 is 0 Å². The van der Waals surface area contributed by atoms with Crippen molar-refractivity contribution in [3.8, 4) is 0 Å². The molecule has 0 saturated heterocycles. The average molecular weight is 324 g/mol. The van der Waals surface area contributed by atoms with Crippen LogP contribution in [0.4, 0.5) is 0 Å². The van der Waals surface area contributed by atoms with Gasteiger partial charge in [-0.25, -0.2) is 0 Å². The van der Waals surface area contributed by atoms with Crippen molar-refractivity contribution in [3.63, 3.8) is 0 Å². The van der Waals surface area contributed by atoms with Crippen LogP contribution in [0.3, 0.4) is 0 Å². The molecule has 0 aromatic heterocycles. The Hall–Kier alpha value is 0.790. The second-order valence-electron chi connectivity index (χ2n) is 4.95. The third-order valence-corrected chi connectivity index (χ3v) is 4.68. The lowest BCUT2D eigenvalue weighted by molar-refractivity contribution is 0.271. The van der Waals surface area contributed by atoms with Crippen molar-refractivity contribution >= 4 is 27.7 Å². The zero-order chi connectivity index (χ0) is 12.9. The Balaban J connectivity index is 3.21. The molecule has 0 bridgehead atoms.